The van der Waals surface area contributed by atoms with Crippen LogP contribution in [0.1, 0.15) is 57.3 Å². The van der Waals surface area contributed by atoms with Gasteiger partial charge in [-0.3, -0.25) is 14.4 Å². The largest absolute Gasteiger partial charge is 0.478 e. The van der Waals surface area contributed by atoms with Crippen LogP contribution in [0.2, 0.25) is 0 Å². The van der Waals surface area contributed by atoms with Crippen molar-refractivity contribution in [2.75, 3.05) is 18.4 Å². The highest BCUT2D eigenvalue weighted by molar-refractivity contribution is 6.04. The lowest BCUT2D eigenvalue weighted by molar-refractivity contribution is -0.168. The number of hydrogen-bond donors (Lipinski definition) is 1. The first-order valence-corrected chi connectivity index (χ1v) is 10.2. The first kappa shape index (κ1) is 19.7. The molecule has 1 aromatic carbocycles. The molecule has 7 heteroatoms. The number of nitrogens with one attached hydrogen (secondary N) is 1. The minimum absolute atomic E-state index is 0.111. The van der Waals surface area contributed by atoms with Crippen LogP contribution in [0, 0.1) is 11.3 Å². The van der Waals surface area contributed by atoms with Gasteiger partial charge in [-0.1, -0.05) is 12.5 Å². The van der Waals surface area contributed by atoms with Crippen LogP contribution in [-0.2, 0) is 14.3 Å². The number of hydrogen-bond acceptors (Lipinski definition) is 5. The number of likely N-dealkylation sites (tertiary alicyclic amines) is 1. The lowest BCUT2D eigenvalue weighted by Gasteiger charge is -2.31. The second-order valence-electron chi connectivity index (χ2n) is 9.36. The molecule has 2 aliphatic heterocycles. The van der Waals surface area contributed by atoms with Gasteiger partial charge in [0.05, 0.1) is 16.7 Å². The molecule has 0 spiro atoms. The molecule has 0 radical (unpaired) electrons. The molecule has 7 nitrogen and oxygen atoms in total. The Bertz CT molecular complexity index is 874. The van der Waals surface area contributed by atoms with E-state index in [4.69, 9.17) is 9.47 Å². The van der Waals surface area contributed by atoms with Gasteiger partial charge in [0.2, 0.25) is 0 Å². The maximum Gasteiger partial charge on any atom is 0.314 e. The van der Waals surface area contributed by atoms with Crippen LogP contribution in [0.15, 0.2) is 18.2 Å². The van der Waals surface area contributed by atoms with Crippen LogP contribution >= 0.6 is 0 Å². The van der Waals surface area contributed by atoms with E-state index in [2.05, 4.69) is 5.32 Å². The Labute approximate surface area is 170 Å². The summed E-state index contributed by atoms with van der Waals surface area (Å²) in [5, 5.41) is 2.78. The second kappa shape index (κ2) is 6.75. The highest BCUT2D eigenvalue weighted by Crippen LogP contribution is 2.50. The Balaban J connectivity index is 1.60. The molecular weight excluding hydrogens is 372 g/mol. The maximum atomic E-state index is 13.4. The number of ether oxygens (including phenoxy) is 2. The van der Waals surface area contributed by atoms with Crippen LogP contribution in [0.25, 0.3) is 0 Å². The van der Waals surface area contributed by atoms with E-state index in [9.17, 15) is 14.4 Å². The topological polar surface area (TPSA) is 84.9 Å². The number of amides is 2. The van der Waals surface area contributed by atoms with Gasteiger partial charge >= 0.3 is 5.97 Å². The molecule has 1 aliphatic carbocycles. The van der Waals surface area contributed by atoms with Gasteiger partial charge in [0.1, 0.15) is 5.60 Å². The van der Waals surface area contributed by atoms with Crippen molar-refractivity contribution in [2.24, 2.45) is 11.3 Å². The third-order valence-electron chi connectivity index (χ3n) is 6.13. The molecule has 1 N–H and O–H groups in total. The van der Waals surface area contributed by atoms with Crippen LogP contribution in [0.3, 0.4) is 0 Å². The summed E-state index contributed by atoms with van der Waals surface area (Å²) in [6, 6.07) is 5.16. The van der Waals surface area contributed by atoms with E-state index in [1.807, 2.05) is 20.8 Å². The summed E-state index contributed by atoms with van der Waals surface area (Å²) in [4.78, 5) is 40.0. The Morgan fingerprint density at radius 1 is 1.31 bits per heavy atom. The third kappa shape index (κ3) is 3.36. The fourth-order valence-electron chi connectivity index (χ4n) is 4.72. The smallest absolute Gasteiger partial charge is 0.314 e. The normalized spacial score (nSPS) is 28.3. The van der Waals surface area contributed by atoms with Crippen molar-refractivity contribution in [2.45, 2.75) is 58.7 Å². The van der Waals surface area contributed by atoms with E-state index >= 15 is 0 Å². The fourth-order valence-corrected chi connectivity index (χ4v) is 4.72. The van der Waals surface area contributed by atoms with Crippen LogP contribution < -0.4 is 10.1 Å². The van der Waals surface area contributed by atoms with E-state index in [1.54, 1.807) is 30.0 Å². The Kier molecular flexibility index (Phi) is 4.59. The number of nitrogens with zero attached hydrogens (tertiary/aromatic N) is 1. The highest BCUT2D eigenvalue weighted by atomic mass is 16.6. The number of para-hydroxylation sites is 1. The molecule has 1 aromatic rings. The molecular formula is C22H28N2O5. The number of esters is 1. The summed E-state index contributed by atoms with van der Waals surface area (Å²) in [5.41, 5.74) is -0.272. The Morgan fingerprint density at radius 2 is 2.07 bits per heavy atom. The van der Waals surface area contributed by atoms with E-state index in [-0.39, 0.29) is 23.7 Å². The SMILES string of the molecule is CC1Oc2c(cccc2C(=O)N2C[C@@H]3CCC[C@@]3(C(=O)OC(C)(C)C)C2)NC1=O. The van der Waals surface area contributed by atoms with Gasteiger partial charge in [0.15, 0.2) is 11.9 Å². The summed E-state index contributed by atoms with van der Waals surface area (Å²) in [6.45, 7) is 8.14. The van der Waals surface area contributed by atoms with Crippen LogP contribution in [0.4, 0.5) is 5.69 Å². The van der Waals surface area contributed by atoms with Crippen molar-refractivity contribution in [3.05, 3.63) is 23.8 Å². The van der Waals surface area contributed by atoms with Gasteiger partial charge in [-0.2, -0.15) is 0 Å². The van der Waals surface area contributed by atoms with Crippen molar-refractivity contribution < 1.29 is 23.9 Å². The third-order valence-corrected chi connectivity index (χ3v) is 6.13. The lowest BCUT2D eigenvalue weighted by atomic mass is 9.80. The van der Waals surface area contributed by atoms with Crippen molar-refractivity contribution in [1.82, 2.24) is 4.90 Å². The molecule has 29 heavy (non-hydrogen) atoms. The standard InChI is InChI=1S/C22H28N2O5/c1-13-18(25)23-16-9-5-8-15(17(16)28-13)19(26)24-11-14-7-6-10-22(14,12-24)20(27)29-21(2,3)4/h5,8-9,13-14H,6-7,10-12H2,1-4H3,(H,23,25)/t13?,14-,22+/m0/s1. The summed E-state index contributed by atoms with van der Waals surface area (Å²) in [5.74, 6) is -0.104. The molecule has 156 valence electrons. The monoisotopic (exact) mass is 400 g/mol. The molecule has 0 bridgehead atoms. The quantitative estimate of drug-likeness (QED) is 0.772. The highest BCUT2D eigenvalue weighted by Gasteiger charge is 2.57. The Hall–Kier alpha value is -2.57. The first-order valence-electron chi connectivity index (χ1n) is 10.2. The average Bonchev–Trinajstić information content (AvgIpc) is 3.18. The zero-order chi connectivity index (χ0) is 21.0. The zero-order valence-corrected chi connectivity index (χ0v) is 17.4. The van der Waals surface area contributed by atoms with Gasteiger partial charge in [0.25, 0.3) is 11.8 Å². The molecule has 2 heterocycles. The number of carbonyl (C=O) groups is 3. The molecule has 2 fully saturated rings. The maximum absolute atomic E-state index is 13.4. The van der Waals surface area contributed by atoms with Crippen LogP contribution in [-0.4, -0.2) is 47.5 Å². The van der Waals surface area contributed by atoms with E-state index in [0.717, 1.165) is 19.3 Å². The molecule has 3 atom stereocenters. The molecule has 4 rings (SSSR count). The van der Waals surface area contributed by atoms with Crippen molar-refractivity contribution in [3.63, 3.8) is 0 Å². The van der Waals surface area contributed by atoms with Crippen molar-refractivity contribution >= 4 is 23.5 Å². The molecule has 2 amide bonds. The van der Waals surface area contributed by atoms with Crippen molar-refractivity contribution in [1.29, 1.82) is 0 Å². The van der Waals surface area contributed by atoms with E-state index in [0.29, 0.717) is 30.1 Å². The molecule has 3 aliphatic rings. The van der Waals surface area contributed by atoms with Gasteiger partial charge in [-0.25, -0.2) is 0 Å². The number of rotatable bonds is 2. The first-order chi connectivity index (χ1) is 13.6. The number of carbonyl (C=O) groups excluding carboxylic acids is 3. The minimum atomic E-state index is -0.664. The summed E-state index contributed by atoms with van der Waals surface area (Å²) < 4.78 is 11.5. The van der Waals surface area contributed by atoms with Crippen LogP contribution in [0.5, 0.6) is 5.75 Å². The summed E-state index contributed by atoms with van der Waals surface area (Å²) >= 11 is 0. The fraction of sp³-hybridized carbons (Fsp3) is 0.591. The van der Waals surface area contributed by atoms with Crippen molar-refractivity contribution in [3.8, 4) is 5.75 Å². The summed E-state index contributed by atoms with van der Waals surface area (Å²) in [6.07, 6.45) is 1.97. The summed E-state index contributed by atoms with van der Waals surface area (Å²) in [7, 11) is 0. The van der Waals surface area contributed by atoms with Gasteiger partial charge in [0, 0.05) is 13.1 Å². The lowest BCUT2D eigenvalue weighted by Crippen LogP contribution is -2.42. The molecule has 0 aromatic heterocycles. The molecule has 1 saturated carbocycles. The molecule has 1 unspecified atom stereocenters. The predicted octanol–water partition coefficient (Wildman–Crippen LogP) is 2.99. The number of anilines is 1. The van der Waals surface area contributed by atoms with E-state index in [1.165, 1.54) is 0 Å². The van der Waals surface area contributed by atoms with Gasteiger partial charge in [-0.05, 0) is 58.6 Å². The number of fused-ring (bicyclic) bond motifs is 2. The zero-order valence-electron chi connectivity index (χ0n) is 17.4. The minimum Gasteiger partial charge on any atom is -0.478 e. The second-order valence-corrected chi connectivity index (χ2v) is 9.36. The predicted molar refractivity (Wildman–Crippen MR) is 107 cm³/mol. The van der Waals surface area contributed by atoms with Gasteiger partial charge < -0.3 is 19.7 Å². The number of benzene rings is 1. The Morgan fingerprint density at radius 3 is 2.79 bits per heavy atom. The average molecular weight is 400 g/mol. The van der Waals surface area contributed by atoms with E-state index < -0.39 is 17.1 Å². The van der Waals surface area contributed by atoms with Gasteiger partial charge in [-0.15, -0.1) is 0 Å². The molecule has 1 saturated heterocycles.